The van der Waals surface area contributed by atoms with Gasteiger partial charge in [-0.1, -0.05) is 19.9 Å². The first-order valence-corrected chi connectivity index (χ1v) is 11.4. The number of benzene rings is 1. The number of nitriles is 1. The largest absolute Gasteiger partial charge is 0.496 e. The monoisotopic (exact) mass is 447 g/mol. The predicted octanol–water partition coefficient (Wildman–Crippen LogP) is 4.68. The predicted molar refractivity (Wildman–Crippen MR) is 127 cm³/mol. The quantitative estimate of drug-likeness (QED) is 0.663. The van der Waals surface area contributed by atoms with Crippen molar-refractivity contribution in [1.82, 2.24) is 14.5 Å². The van der Waals surface area contributed by atoms with Gasteiger partial charge in [-0.15, -0.1) is 0 Å². The molecule has 1 atom stereocenters. The van der Waals surface area contributed by atoms with Gasteiger partial charge < -0.3 is 24.7 Å². The van der Waals surface area contributed by atoms with E-state index in [1.807, 2.05) is 36.0 Å². The highest BCUT2D eigenvalue weighted by molar-refractivity contribution is 5.57. The lowest BCUT2D eigenvalue weighted by Gasteiger charge is -2.42. The highest BCUT2D eigenvalue weighted by Crippen LogP contribution is 2.58. The molecule has 1 aromatic carbocycles. The topological polar surface area (TPSA) is 89.3 Å². The molecular formula is C26H33N5O2. The van der Waals surface area contributed by atoms with Crippen molar-refractivity contribution in [1.29, 1.82) is 5.26 Å². The van der Waals surface area contributed by atoms with Gasteiger partial charge >= 0.3 is 0 Å². The molecule has 2 aliphatic rings. The molecule has 2 aromatic rings. The summed E-state index contributed by atoms with van der Waals surface area (Å²) in [7, 11) is 3.68. The van der Waals surface area contributed by atoms with Crippen molar-refractivity contribution < 1.29 is 9.47 Å². The molecule has 7 heteroatoms. The smallest absolute Gasteiger partial charge is 0.207 e. The number of nitrogens with two attached hydrogens (primary N) is 1. The van der Waals surface area contributed by atoms with Gasteiger partial charge in [0.2, 0.25) is 5.88 Å². The fraction of sp³-hybridized carbons (Fsp3) is 0.462. The summed E-state index contributed by atoms with van der Waals surface area (Å²) in [6.45, 7) is 8.75. The third-order valence-corrected chi connectivity index (χ3v) is 7.12. The minimum absolute atomic E-state index is 0.154. The first-order valence-electron chi connectivity index (χ1n) is 11.4. The van der Waals surface area contributed by atoms with Crippen LogP contribution in [-0.4, -0.2) is 34.7 Å². The van der Waals surface area contributed by atoms with E-state index in [1.54, 1.807) is 19.6 Å². The molecule has 2 N–H and O–H groups in total. The van der Waals surface area contributed by atoms with E-state index in [2.05, 4.69) is 43.6 Å². The summed E-state index contributed by atoms with van der Waals surface area (Å²) < 4.78 is 14.0. The lowest BCUT2D eigenvalue weighted by Crippen LogP contribution is -2.38. The van der Waals surface area contributed by atoms with Crippen LogP contribution in [0.2, 0.25) is 0 Å². The molecule has 0 radical (unpaired) electrons. The maximum Gasteiger partial charge on any atom is 0.207 e. The van der Waals surface area contributed by atoms with Gasteiger partial charge in [-0.2, -0.15) is 5.26 Å². The number of hydrogen-bond acceptors (Lipinski definition) is 6. The molecule has 1 fully saturated rings. The first kappa shape index (κ1) is 22.8. The van der Waals surface area contributed by atoms with Gasteiger partial charge in [-0.05, 0) is 44.1 Å². The second kappa shape index (κ2) is 8.51. The molecule has 0 bridgehead atoms. The summed E-state index contributed by atoms with van der Waals surface area (Å²) in [5.74, 6) is 1.77. The van der Waals surface area contributed by atoms with Crippen molar-refractivity contribution in [3.05, 3.63) is 65.4 Å². The molecular weight excluding hydrogens is 414 g/mol. The van der Waals surface area contributed by atoms with Gasteiger partial charge in [0, 0.05) is 42.7 Å². The van der Waals surface area contributed by atoms with E-state index in [-0.39, 0.29) is 23.3 Å². The Morgan fingerprint density at radius 1 is 1.33 bits per heavy atom. The Morgan fingerprint density at radius 2 is 2.06 bits per heavy atom. The normalized spacial score (nSPS) is 18.9. The number of methoxy groups -OCH3 is 1. The third kappa shape index (κ3) is 3.95. The number of rotatable bonds is 7. The van der Waals surface area contributed by atoms with Crippen molar-refractivity contribution >= 4 is 0 Å². The standard InChI is InChI=1S/C26H33N5O2/c1-16(2)30(5)25-23(26(3,4)17-7-8-17)22(20(14-27)24(28)33-25)19-10-9-18(13-21(19)32-6)31-12-11-29-15-31/h9-13,15-17,22H,7-8,28H2,1-6H3. The molecule has 1 aromatic heterocycles. The molecule has 4 rings (SSSR count). The number of hydrogen-bond donors (Lipinski definition) is 1. The lowest BCUT2D eigenvalue weighted by molar-refractivity contribution is 0.130. The summed E-state index contributed by atoms with van der Waals surface area (Å²) in [6, 6.07) is 8.59. The molecule has 0 saturated heterocycles. The van der Waals surface area contributed by atoms with Crippen molar-refractivity contribution in [2.24, 2.45) is 17.1 Å². The zero-order chi connectivity index (χ0) is 23.9. The highest BCUT2D eigenvalue weighted by Gasteiger charge is 2.49. The van der Waals surface area contributed by atoms with Gasteiger partial charge in [0.1, 0.15) is 17.4 Å². The fourth-order valence-corrected chi connectivity index (χ4v) is 4.73. The van der Waals surface area contributed by atoms with Crippen LogP contribution < -0.4 is 10.5 Å². The van der Waals surface area contributed by atoms with E-state index < -0.39 is 0 Å². The van der Waals surface area contributed by atoms with E-state index in [9.17, 15) is 5.26 Å². The number of aromatic nitrogens is 2. The number of ether oxygens (including phenoxy) is 2. The second-order valence-electron chi connectivity index (χ2n) is 9.74. The van der Waals surface area contributed by atoms with E-state index in [4.69, 9.17) is 15.2 Å². The summed E-state index contributed by atoms with van der Waals surface area (Å²) in [5, 5.41) is 10.2. The Kier molecular flexibility index (Phi) is 5.87. The minimum Gasteiger partial charge on any atom is -0.496 e. The van der Waals surface area contributed by atoms with Crippen LogP contribution in [0.25, 0.3) is 5.69 Å². The first-order chi connectivity index (χ1) is 15.7. The van der Waals surface area contributed by atoms with Crippen LogP contribution >= 0.6 is 0 Å². The van der Waals surface area contributed by atoms with Crippen LogP contribution in [0.5, 0.6) is 5.75 Å². The van der Waals surface area contributed by atoms with Crippen LogP contribution in [0.4, 0.5) is 0 Å². The van der Waals surface area contributed by atoms with Gasteiger partial charge in [0.15, 0.2) is 5.88 Å². The SMILES string of the molecule is COc1cc(-n2ccnc2)ccc1C1C(C#N)=C(N)OC(N(C)C(C)C)=C1C(C)(C)C1CC1. The zero-order valence-corrected chi connectivity index (χ0v) is 20.3. The lowest BCUT2D eigenvalue weighted by atomic mass is 9.68. The van der Waals surface area contributed by atoms with E-state index in [0.717, 1.165) is 22.7 Å². The van der Waals surface area contributed by atoms with Crippen molar-refractivity contribution in [3.8, 4) is 17.5 Å². The molecule has 1 aliphatic carbocycles. The van der Waals surface area contributed by atoms with Gasteiger partial charge in [-0.25, -0.2) is 4.98 Å². The molecule has 7 nitrogen and oxygen atoms in total. The van der Waals surface area contributed by atoms with Crippen LogP contribution in [0, 0.1) is 22.7 Å². The fourth-order valence-electron chi connectivity index (χ4n) is 4.73. The minimum atomic E-state index is -0.359. The summed E-state index contributed by atoms with van der Waals surface area (Å²) in [4.78, 5) is 6.25. The van der Waals surface area contributed by atoms with Crippen LogP contribution in [0.15, 0.2) is 59.8 Å². The molecule has 1 aliphatic heterocycles. The molecule has 33 heavy (non-hydrogen) atoms. The van der Waals surface area contributed by atoms with Gasteiger partial charge in [0.05, 0.1) is 25.0 Å². The maximum absolute atomic E-state index is 10.2. The van der Waals surface area contributed by atoms with Crippen molar-refractivity contribution in [2.45, 2.75) is 52.5 Å². The van der Waals surface area contributed by atoms with Crippen molar-refractivity contribution in [2.75, 3.05) is 14.2 Å². The van der Waals surface area contributed by atoms with Crippen molar-refractivity contribution in [3.63, 3.8) is 0 Å². The van der Waals surface area contributed by atoms with E-state index in [1.165, 1.54) is 12.8 Å². The van der Waals surface area contributed by atoms with Crippen LogP contribution in [-0.2, 0) is 4.74 Å². The Balaban J connectivity index is 1.96. The number of imidazole rings is 1. The van der Waals surface area contributed by atoms with Gasteiger partial charge in [-0.3, -0.25) is 0 Å². The molecule has 0 amide bonds. The Hall–Kier alpha value is -3.40. The van der Waals surface area contributed by atoms with E-state index >= 15 is 0 Å². The molecule has 2 heterocycles. The zero-order valence-electron chi connectivity index (χ0n) is 20.3. The summed E-state index contributed by atoms with van der Waals surface area (Å²) in [6.07, 6.45) is 7.71. The number of allylic oxidation sites excluding steroid dienone is 2. The Morgan fingerprint density at radius 3 is 2.61 bits per heavy atom. The van der Waals surface area contributed by atoms with E-state index in [0.29, 0.717) is 17.2 Å². The average molecular weight is 448 g/mol. The Bertz CT molecular complexity index is 1130. The summed E-state index contributed by atoms with van der Waals surface area (Å²) >= 11 is 0. The molecule has 1 saturated carbocycles. The van der Waals surface area contributed by atoms with Gasteiger partial charge in [0.25, 0.3) is 0 Å². The number of nitrogens with zero attached hydrogens (tertiary/aromatic N) is 4. The maximum atomic E-state index is 10.2. The molecule has 0 spiro atoms. The third-order valence-electron chi connectivity index (χ3n) is 7.12. The van der Waals surface area contributed by atoms with Crippen LogP contribution in [0.3, 0.4) is 0 Å². The highest BCUT2D eigenvalue weighted by atomic mass is 16.5. The average Bonchev–Trinajstić information content (AvgIpc) is 3.53. The molecule has 174 valence electrons. The molecule has 1 unspecified atom stereocenters. The summed E-state index contributed by atoms with van der Waals surface area (Å²) in [5.41, 5.74) is 9.53. The van der Waals surface area contributed by atoms with Crippen LogP contribution in [0.1, 0.15) is 52.0 Å². The second-order valence-corrected chi connectivity index (χ2v) is 9.74. The Labute approximate surface area is 196 Å².